The molecular weight excluding hydrogens is 721 g/mol. The Bertz CT molecular complexity index is 3670. The molecule has 4 heterocycles. The summed E-state index contributed by atoms with van der Waals surface area (Å²) in [5, 5.41) is 7.02. The van der Waals surface area contributed by atoms with Gasteiger partial charge in [-0.25, -0.2) is 4.98 Å². The largest absolute Gasteiger partial charge is 0.456 e. The third-order valence-electron chi connectivity index (χ3n) is 13.1. The van der Waals surface area contributed by atoms with Gasteiger partial charge in [-0.15, -0.1) is 0 Å². The van der Waals surface area contributed by atoms with Crippen molar-refractivity contribution in [1.29, 1.82) is 0 Å². The number of fused-ring (bicyclic) bond motifs is 9. The first-order valence-electron chi connectivity index (χ1n) is 20.3. The van der Waals surface area contributed by atoms with Gasteiger partial charge in [0, 0.05) is 55.8 Å². The van der Waals surface area contributed by atoms with Crippen LogP contribution in [0.1, 0.15) is 45.2 Å². The first-order valence-corrected chi connectivity index (χ1v) is 20.3. The highest BCUT2D eigenvalue weighted by Gasteiger charge is 2.42. The predicted molar refractivity (Wildman–Crippen MR) is 238 cm³/mol. The van der Waals surface area contributed by atoms with Crippen LogP contribution in [0.5, 0.6) is 0 Å². The molecule has 0 amide bonds. The van der Waals surface area contributed by atoms with Gasteiger partial charge in [0.25, 0.3) is 0 Å². The van der Waals surface area contributed by atoms with Crippen LogP contribution in [0.15, 0.2) is 186 Å². The average molecular weight is 753 g/mol. The van der Waals surface area contributed by atoms with Gasteiger partial charge < -0.3 is 4.42 Å². The van der Waals surface area contributed by atoms with Gasteiger partial charge in [-0.1, -0.05) is 127 Å². The third kappa shape index (κ3) is 4.13. The van der Waals surface area contributed by atoms with Crippen molar-refractivity contribution in [2.75, 3.05) is 0 Å². The molecular formula is C54H32N4O. The minimum absolute atomic E-state index is 0.127. The summed E-state index contributed by atoms with van der Waals surface area (Å²) in [7, 11) is 0. The molecule has 0 saturated heterocycles. The number of rotatable bonds is 3. The van der Waals surface area contributed by atoms with Gasteiger partial charge in [-0.3, -0.25) is 9.13 Å². The molecule has 8 aromatic carbocycles. The van der Waals surface area contributed by atoms with Gasteiger partial charge in [0.05, 0.1) is 27.8 Å². The van der Waals surface area contributed by atoms with Crippen molar-refractivity contribution in [3.8, 4) is 23.0 Å². The minimum Gasteiger partial charge on any atom is -0.456 e. The summed E-state index contributed by atoms with van der Waals surface area (Å²) in [6.45, 7) is 0. The molecule has 274 valence electrons. The summed E-state index contributed by atoms with van der Waals surface area (Å²) in [5.41, 5.74) is 16.4. The maximum absolute atomic E-state index is 6.27. The maximum Gasteiger partial charge on any atom is 0.237 e. The van der Waals surface area contributed by atoms with Crippen molar-refractivity contribution >= 4 is 65.6 Å². The van der Waals surface area contributed by atoms with Crippen molar-refractivity contribution in [2.45, 2.75) is 11.8 Å². The summed E-state index contributed by atoms with van der Waals surface area (Å²) in [4.78, 5) is 11.1. The molecule has 15 rings (SSSR count). The zero-order valence-electron chi connectivity index (χ0n) is 31.7. The van der Waals surface area contributed by atoms with Gasteiger partial charge in [0.1, 0.15) is 17.0 Å². The van der Waals surface area contributed by atoms with Gasteiger partial charge in [0.2, 0.25) is 5.95 Å². The van der Waals surface area contributed by atoms with E-state index in [0.717, 1.165) is 61.1 Å². The molecule has 4 aromatic heterocycles. The van der Waals surface area contributed by atoms with E-state index < -0.39 is 0 Å². The van der Waals surface area contributed by atoms with Crippen LogP contribution in [-0.4, -0.2) is 19.1 Å². The summed E-state index contributed by atoms with van der Waals surface area (Å²) in [5.74, 6) is 1.75. The van der Waals surface area contributed by atoms with Gasteiger partial charge in [-0.2, -0.15) is 4.98 Å². The van der Waals surface area contributed by atoms with E-state index in [1.54, 1.807) is 0 Å². The molecule has 12 aromatic rings. The van der Waals surface area contributed by atoms with Crippen molar-refractivity contribution in [3.63, 3.8) is 0 Å². The second-order valence-corrected chi connectivity index (χ2v) is 16.0. The van der Waals surface area contributed by atoms with Crippen LogP contribution < -0.4 is 0 Å². The lowest BCUT2D eigenvalue weighted by atomic mass is 9.60. The molecule has 59 heavy (non-hydrogen) atoms. The number of nitrogens with zero attached hydrogens (tertiary/aromatic N) is 4. The summed E-state index contributed by atoms with van der Waals surface area (Å²) < 4.78 is 10.9. The van der Waals surface area contributed by atoms with E-state index in [1.807, 2.05) is 12.1 Å². The fourth-order valence-corrected chi connectivity index (χ4v) is 10.8. The molecule has 0 fully saturated rings. The second-order valence-electron chi connectivity index (χ2n) is 16.0. The minimum atomic E-state index is 0.127. The van der Waals surface area contributed by atoms with Gasteiger partial charge in [0.15, 0.2) is 0 Å². The number of furan rings is 1. The summed E-state index contributed by atoms with van der Waals surface area (Å²) in [6, 6.07) is 65.7. The molecule has 0 aliphatic heterocycles. The molecule has 3 aliphatic rings. The highest BCUT2D eigenvalue weighted by atomic mass is 16.3. The molecule has 0 saturated carbocycles. The lowest BCUT2D eigenvalue weighted by molar-refractivity contribution is 0.669. The zero-order valence-corrected chi connectivity index (χ0v) is 31.7. The second kappa shape index (κ2) is 11.4. The van der Waals surface area contributed by atoms with Crippen molar-refractivity contribution in [1.82, 2.24) is 19.1 Å². The van der Waals surface area contributed by atoms with Crippen LogP contribution in [0, 0.1) is 0 Å². The molecule has 5 heteroatoms. The van der Waals surface area contributed by atoms with Crippen LogP contribution in [-0.2, 0) is 0 Å². The Balaban J connectivity index is 1.08. The Morgan fingerprint density at radius 2 is 0.949 bits per heavy atom. The summed E-state index contributed by atoms with van der Waals surface area (Å²) in [6.07, 6.45) is 0. The molecule has 0 radical (unpaired) electrons. The number of aromatic nitrogens is 4. The number of para-hydroxylation sites is 4. The fraction of sp³-hybridized carbons (Fsp3) is 0.0370. The Morgan fingerprint density at radius 3 is 1.64 bits per heavy atom. The Hall–Kier alpha value is -7.76. The third-order valence-corrected chi connectivity index (χ3v) is 13.1. The molecule has 0 atom stereocenters. The first kappa shape index (κ1) is 31.3. The van der Waals surface area contributed by atoms with E-state index in [9.17, 15) is 0 Å². The zero-order chi connectivity index (χ0) is 38.3. The Morgan fingerprint density at radius 1 is 0.390 bits per heavy atom. The van der Waals surface area contributed by atoms with E-state index in [1.165, 1.54) is 54.9 Å². The van der Waals surface area contributed by atoms with E-state index in [0.29, 0.717) is 5.95 Å². The Kier molecular flexibility index (Phi) is 6.07. The number of benzene rings is 8. The van der Waals surface area contributed by atoms with Crippen molar-refractivity contribution in [3.05, 3.63) is 215 Å². The van der Waals surface area contributed by atoms with Crippen LogP contribution >= 0.6 is 0 Å². The smallest absolute Gasteiger partial charge is 0.237 e. The molecule has 2 bridgehead atoms. The lowest BCUT2D eigenvalue weighted by Gasteiger charge is -2.42. The molecule has 5 nitrogen and oxygen atoms in total. The van der Waals surface area contributed by atoms with Gasteiger partial charge >= 0.3 is 0 Å². The molecule has 0 N–H and O–H groups in total. The van der Waals surface area contributed by atoms with E-state index >= 15 is 0 Å². The van der Waals surface area contributed by atoms with E-state index in [-0.39, 0.29) is 11.8 Å². The highest BCUT2D eigenvalue weighted by Crippen LogP contribution is 2.58. The quantitative estimate of drug-likeness (QED) is 0.181. The number of hydrogen-bond acceptors (Lipinski definition) is 3. The highest BCUT2D eigenvalue weighted by molar-refractivity contribution is 6.13. The predicted octanol–water partition coefficient (Wildman–Crippen LogP) is 13.2. The lowest BCUT2D eigenvalue weighted by Crippen LogP contribution is -2.27. The monoisotopic (exact) mass is 752 g/mol. The van der Waals surface area contributed by atoms with Crippen molar-refractivity contribution < 1.29 is 4.42 Å². The van der Waals surface area contributed by atoms with Crippen LogP contribution in [0.3, 0.4) is 0 Å². The summed E-state index contributed by atoms with van der Waals surface area (Å²) >= 11 is 0. The topological polar surface area (TPSA) is 48.8 Å². The first-order chi connectivity index (χ1) is 29.3. The molecule has 3 aliphatic carbocycles. The van der Waals surface area contributed by atoms with Gasteiger partial charge in [-0.05, 0) is 81.9 Å². The maximum atomic E-state index is 6.27. The average Bonchev–Trinajstić information content (AvgIpc) is 3.96. The molecule has 0 spiro atoms. The van der Waals surface area contributed by atoms with Crippen LogP contribution in [0.2, 0.25) is 0 Å². The molecule has 0 unspecified atom stereocenters. The standard InChI is InChI=1S/C54H32N4O/c1-3-18-37-35(16-1)50-36-17-2-4-19-38(36)51(37)53-40(50)26-27-46-52(53)39-20-7-11-23-45(39)58(46)54-55-42(31-25-28-48-41(29-31)34-15-8-12-24-47(34)59-48)30-49(56-54)57-43-21-9-5-13-32(43)33-14-6-10-22-44(33)57/h1-30,50-51H. The van der Waals surface area contributed by atoms with Crippen molar-refractivity contribution in [2.24, 2.45) is 0 Å². The number of hydrogen-bond donors (Lipinski definition) is 0. The fourth-order valence-electron chi connectivity index (χ4n) is 10.8. The van der Waals surface area contributed by atoms with E-state index in [2.05, 4.69) is 179 Å². The van der Waals surface area contributed by atoms with Crippen LogP contribution in [0.25, 0.3) is 88.6 Å². The van der Waals surface area contributed by atoms with E-state index in [4.69, 9.17) is 14.4 Å². The Labute approximate surface area is 338 Å². The van der Waals surface area contributed by atoms with Crippen LogP contribution in [0.4, 0.5) is 0 Å². The normalized spacial score (nSPS) is 15.5. The SMILES string of the molecule is c1ccc2c(c1)C1c3ccccc3C2c2c1ccc1c2c2ccccc2n1-c1nc(-c2ccc3oc4ccccc4c3c2)cc(-n2c3ccccc3c3ccccc32)n1.